The lowest BCUT2D eigenvalue weighted by Crippen LogP contribution is -2.24. The molecule has 28 heavy (non-hydrogen) atoms. The maximum absolute atomic E-state index is 13.4. The summed E-state index contributed by atoms with van der Waals surface area (Å²) in [5, 5.41) is 0.583. The van der Waals surface area contributed by atoms with Crippen LogP contribution in [0.3, 0.4) is 0 Å². The SMILES string of the molecule is COCCCn1c2nc3ccccc3nc2c2c(=O)n(C3CCCC3)cnc21. The van der Waals surface area contributed by atoms with E-state index in [9.17, 15) is 4.79 Å². The third-order valence-electron chi connectivity index (χ3n) is 5.72. The van der Waals surface area contributed by atoms with E-state index in [0.29, 0.717) is 29.7 Å². The second-order valence-corrected chi connectivity index (χ2v) is 7.48. The second-order valence-electron chi connectivity index (χ2n) is 7.48. The van der Waals surface area contributed by atoms with Gasteiger partial charge in [0, 0.05) is 26.3 Å². The van der Waals surface area contributed by atoms with Gasteiger partial charge >= 0.3 is 0 Å². The van der Waals surface area contributed by atoms with Crippen molar-refractivity contribution in [3.63, 3.8) is 0 Å². The molecule has 1 aliphatic rings. The molecular weight excluding hydrogens is 354 g/mol. The normalized spacial score (nSPS) is 15.3. The van der Waals surface area contributed by atoms with E-state index < -0.39 is 0 Å². The molecule has 1 aromatic carbocycles. The molecule has 1 fully saturated rings. The summed E-state index contributed by atoms with van der Waals surface area (Å²) < 4.78 is 9.04. The number of rotatable bonds is 5. The van der Waals surface area contributed by atoms with Crippen LogP contribution in [0.2, 0.25) is 0 Å². The van der Waals surface area contributed by atoms with E-state index >= 15 is 0 Å². The van der Waals surface area contributed by atoms with E-state index in [2.05, 4.69) is 0 Å². The molecule has 0 N–H and O–H groups in total. The number of benzene rings is 1. The second kappa shape index (κ2) is 6.98. The number of aromatic nitrogens is 5. The fraction of sp³-hybridized carbons (Fsp3) is 0.429. The highest BCUT2D eigenvalue weighted by atomic mass is 16.5. The smallest absolute Gasteiger partial charge is 0.265 e. The van der Waals surface area contributed by atoms with Gasteiger partial charge in [0.25, 0.3) is 5.56 Å². The van der Waals surface area contributed by atoms with Crippen LogP contribution in [0.1, 0.15) is 38.1 Å². The van der Waals surface area contributed by atoms with E-state index in [0.717, 1.165) is 35.9 Å². The number of hydrogen-bond donors (Lipinski definition) is 0. The third kappa shape index (κ3) is 2.69. The third-order valence-corrected chi connectivity index (χ3v) is 5.72. The summed E-state index contributed by atoms with van der Waals surface area (Å²) in [5.74, 6) is 0. The minimum atomic E-state index is -0.00280. The van der Waals surface area contributed by atoms with Crippen LogP contribution >= 0.6 is 0 Å². The molecule has 0 spiro atoms. The Bertz CT molecular complexity index is 1220. The molecule has 0 aliphatic heterocycles. The predicted octanol–water partition coefficient (Wildman–Crippen LogP) is 3.45. The van der Waals surface area contributed by atoms with Crippen LogP contribution in [-0.4, -0.2) is 37.8 Å². The van der Waals surface area contributed by atoms with Gasteiger partial charge in [0.2, 0.25) is 0 Å². The van der Waals surface area contributed by atoms with E-state index in [-0.39, 0.29) is 11.6 Å². The molecule has 0 atom stereocenters. The van der Waals surface area contributed by atoms with Crippen LogP contribution in [0.5, 0.6) is 0 Å². The lowest BCUT2D eigenvalue weighted by molar-refractivity contribution is 0.191. The van der Waals surface area contributed by atoms with Crippen LogP contribution in [0.4, 0.5) is 0 Å². The fourth-order valence-electron chi connectivity index (χ4n) is 4.34. The summed E-state index contributed by atoms with van der Waals surface area (Å²) in [4.78, 5) is 27.8. The minimum Gasteiger partial charge on any atom is -0.385 e. The average molecular weight is 377 g/mol. The number of aryl methyl sites for hydroxylation is 1. The number of ether oxygens (including phenoxy) is 1. The fourth-order valence-corrected chi connectivity index (χ4v) is 4.34. The molecule has 4 aromatic rings. The summed E-state index contributed by atoms with van der Waals surface area (Å²) in [7, 11) is 1.69. The van der Waals surface area contributed by atoms with Gasteiger partial charge in [0.15, 0.2) is 11.3 Å². The van der Waals surface area contributed by atoms with Crippen molar-refractivity contribution < 1.29 is 4.74 Å². The molecule has 5 rings (SSSR count). The van der Waals surface area contributed by atoms with E-state index in [1.54, 1.807) is 13.4 Å². The van der Waals surface area contributed by atoms with Gasteiger partial charge < -0.3 is 9.30 Å². The lowest BCUT2D eigenvalue weighted by atomic mass is 10.2. The number of para-hydroxylation sites is 2. The van der Waals surface area contributed by atoms with Crippen molar-refractivity contribution in [2.45, 2.75) is 44.7 Å². The van der Waals surface area contributed by atoms with Crippen molar-refractivity contribution in [2.24, 2.45) is 0 Å². The molecule has 1 saturated carbocycles. The molecule has 1 aliphatic carbocycles. The minimum absolute atomic E-state index is 0.00280. The maximum atomic E-state index is 13.4. The molecule has 3 aromatic heterocycles. The molecule has 0 saturated heterocycles. The average Bonchev–Trinajstić information content (AvgIpc) is 3.34. The first-order chi connectivity index (χ1) is 13.8. The van der Waals surface area contributed by atoms with Crippen LogP contribution in [0, 0.1) is 0 Å². The van der Waals surface area contributed by atoms with E-state index in [1.165, 1.54) is 12.8 Å². The predicted molar refractivity (Wildman–Crippen MR) is 109 cm³/mol. The van der Waals surface area contributed by atoms with Gasteiger partial charge in [-0.25, -0.2) is 15.0 Å². The van der Waals surface area contributed by atoms with Gasteiger partial charge in [-0.3, -0.25) is 9.36 Å². The zero-order valence-electron chi connectivity index (χ0n) is 16.0. The van der Waals surface area contributed by atoms with E-state index in [1.807, 2.05) is 33.4 Å². The molecule has 144 valence electrons. The van der Waals surface area contributed by atoms with Crippen molar-refractivity contribution in [3.05, 3.63) is 40.9 Å². The Hall–Kier alpha value is -2.80. The molecule has 7 heteroatoms. The first-order valence-electron chi connectivity index (χ1n) is 9.92. The van der Waals surface area contributed by atoms with Crippen molar-refractivity contribution in [1.29, 1.82) is 0 Å². The Morgan fingerprint density at radius 1 is 1.11 bits per heavy atom. The Morgan fingerprint density at radius 2 is 1.86 bits per heavy atom. The molecule has 7 nitrogen and oxygen atoms in total. The van der Waals surface area contributed by atoms with E-state index in [4.69, 9.17) is 19.7 Å². The van der Waals surface area contributed by atoms with Crippen molar-refractivity contribution >= 4 is 33.2 Å². The van der Waals surface area contributed by atoms with Gasteiger partial charge in [-0.2, -0.15) is 0 Å². The molecule has 0 bridgehead atoms. The van der Waals surface area contributed by atoms with Crippen molar-refractivity contribution in [3.8, 4) is 0 Å². The Kier molecular flexibility index (Phi) is 4.31. The maximum Gasteiger partial charge on any atom is 0.265 e. The highest BCUT2D eigenvalue weighted by Crippen LogP contribution is 2.30. The Labute approximate surface area is 162 Å². The molecular formula is C21H23N5O2. The number of hydrogen-bond acceptors (Lipinski definition) is 5. The molecule has 0 amide bonds. The Balaban J connectivity index is 1.80. The molecule has 0 unspecified atom stereocenters. The van der Waals surface area contributed by atoms with Crippen LogP contribution in [0.15, 0.2) is 35.4 Å². The number of fused-ring (bicyclic) bond motifs is 4. The monoisotopic (exact) mass is 377 g/mol. The van der Waals surface area contributed by atoms with Crippen molar-refractivity contribution in [2.75, 3.05) is 13.7 Å². The van der Waals surface area contributed by atoms with Crippen LogP contribution in [0.25, 0.3) is 33.2 Å². The summed E-state index contributed by atoms with van der Waals surface area (Å²) in [5.41, 5.74) is 3.65. The standard InChI is InChI=1S/C21H23N5O2/c1-28-12-6-11-25-19-17(21(27)26(13-22-19)14-7-2-3-8-14)18-20(25)24-16-10-5-4-9-15(16)23-18/h4-5,9-10,13-14H,2-3,6-8,11-12H2,1H3. The number of methoxy groups -OCH3 is 1. The van der Waals surface area contributed by atoms with Crippen LogP contribution in [-0.2, 0) is 11.3 Å². The zero-order valence-corrected chi connectivity index (χ0v) is 16.0. The quantitative estimate of drug-likeness (QED) is 0.498. The number of nitrogens with zero attached hydrogens (tertiary/aromatic N) is 5. The lowest BCUT2D eigenvalue weighted by Gasteiger charge is -2.12. The summed E-state index contributed by atoms with van der Waals surface area (Å²) in [6.45, 7) is 1.32. The summed E-state index contributed by atoms with van der Waals surface area (Å²) in [6.07, 6.45) is 6.93. The first kappa shape index (κ1) is 17.3. The topological polar surface area (TPSA) is 74.8 Å². The highest BCUT2D eigenvalue weighted by molar-refractivity contribution is 6.04. The van der Waals surface area contributed by atoms with Gasteiger partial charge in [-0.05, 0) is 31.4 Å². The first-order valence-corrected chi connectivity index (χ1v) is 9.92. The van der Waals surface area contributed by atoms with Crippen molar-refractivity contribution in [1.82, 2.24) is 24.1 Å². The van der Waals surface area contributed by atoms with Crippen LogP contribution < -0.4 is 5.56 Å². The van der Waals surface area contributed by atoms with Gasteiger partial charge in [-0.1, -0.05) is 25.0 Å². The Morgan fingerprint density at radius 3 is 2.61 bits per heavy atom. The largest absolute Gasteiger partial charge is 0.385 e. The summed E-state index contributed by atoms with van der Waals surface area (Å²) >= 11 is 0. The highest BCUT2D eigenvalue weighted by Gasteiger charge is 2.23. The van der Waals surface area contributed by atoms with Gasteiger partial charge in [-0.15, -0.1) is 0 Å². The molecule has 0 radical (unpaired) electrons. The van der Waals surface area contributed by atoms with Gasteiger partial charge in [0.1, 0.15) is 17.2 Å². The summed E-state index contributed by atoms with van der Waals surface area (Å²) in [6, 6.07) is 8.01. The van der Waals surface area contributed by atoms with Gasteiger partial charge in [0.05, 0.1) is 11.0 Å². The zero-order chi connectivity index (χ0) is 19.1. The molecule has 3 heterocycles.